The van der Waals surface area contributed by atoms with Gasteiger partial charge in [0.1, 0.15) is 0 Å². The molecule has 174 valence electrons. The first-order chi connectivity index (χ1) is 14.6. The summed E-state index contributed by atoms with van der Waals surface area (Å²) in [6.07, 6.45) is 14.3. The predicted octanol–water partition coefficient (Wildman–Crippen LogP) is 5.50. The van der Waals surface area contributed by atoms with E-state index < -0.39 is 11.2 Å². The highest BCUT2D eigenvalue weighted by Gasteiger charge is 2.49. The molecule has 4 aliphatic carbocycles. The van der Waals surface area contributed by atoms with Crippen LogP contribution in [-0.2, 0) is 8.37 Å². The second kappa shape index (κ2) is 9.17. The highest BCUT2D eigenvalue weighted by atomic mass is 32.3. The Morgan fingerprint density at radius 2 is 1.10 bits per heavy atom. The monoisotopic (exact) mass is 442 g/mol. The van der Waals surface area contributed by atoms with E-state index in [4.69, 9.17) is 8.37 Å². The van der Waals surface area contributed by atoms with Crippen LogP contribution in [0.25, 0.3) is 0 Å². The van der Waals surface area contributed by atoms with E-state index in [0.717, 1.165) is 48.6 Å². The van der Waals surface area contributed by atoms with Crippen molar-refractivity contribution in [1.82, 2.24) is 9.62 Å². The Morgan fingerprint density at radius 1 is 0.667 bits per heavy atom. The van der Waals surface area contributed by atoms with E-state index in [9.17, 15) is 3.89 Å². The van der Waals surface area contributed by atoms with Crippen LogP contribution in [0.2, 0.25) is 0 Å². The Hall–Kier alpha value is 0.120. The lowest BCUT2D eigenvalue weighted by atomic mass is 9.69. The minimum atomic E-state index is -2.96. The number of piperidine rings is 2. The van der Waals surface area contributed by atoms with Crippen LogP contribution in [0.15, 0.2) is 0 Å². The van der Waals surface area contributed by atoms with Crippen molar-refractivity contribution in [2.75, 3.05) is 40.4 Å². The van der Waals surface area contributed by atoms with Gasteiger partial charge in [0.05, 0.1) is 14.2 Å². The number of hydrogen-bond acceptors (Lipinski definition) is 4. The third kappa shape index (κ3) is 3.98. The SMILES string of the molecule is C1CC2CCC3CNCC(C1)C23.COS(F)(OC)N1CC2CCCC3CCC(C1)C32. The molecule has 0 aromatic rings. The van der Waals surface area contributed by atoms with Crippen LogP contribution in [-0.4, -0.2) is 44.7 Å². The molecule has 8 atom stereocenters. The van der Waals surface area contributed by atoms with Gasteiger partial charge >= 0.3 is 0 Å². The molecule has 0 amide bonds. The summed E-state index contributed by atoms with van der Waals surface area (Å²) in [5, 5.41) is 3.61. The zero-order valence-corrected chi connectivity index (χ0v) is 19.9. The maximum absolute atomic E-state index is 14.6. The van der Waals surface area contributed by atoms with Gasteiger partial charge in [0.15, 0.2) is 0 Å². The second-order valence-corrected chi connectivity index (χ2v) is 13.0. The van der Waals surface area contributed by atoms with Crippen molar-refractivity contribution in [2.24, 2.45) is 47.3 Å². The Bertz CT molecular complexity index is 574. The lowest BCUT2D eigenvalue weighted by Crippen LogP contribution is -2.47. The van der Waals surface area contributed by atoms with Gasteiger partial charge in [-0.05, 0) is 99.0 Å². The average Bonchev–Trinajstić information content (AvgIpc) is 3.41. The standard InChI is InChI=1S/C13H24FNO2S.C11H19N/c1-16-18(14,17-2)15-8-11-5-3-4-10-6-7-12(9-15)13(10)11;1-2-8-4-5-10-7-12-6-9(3-1)11(8)10/h10-13H,3-9H2,1-2H3;8-12H,1-7H2. The molecule has 4 nitrogen and oxygen atoms in total. The normalized spacial score (nSPS) is 45.8. The van der Waals surface area contributed by atoms with Crippen LogP contribution < -0.4 is 5.32 Å². The van der Waals surface area contributed by atoms with Crippen LogP contribution in [0.5, 0.6) is 0 Å². The van der Waals surface area contributed by atoms with Crippen molar-refractivity contribution >= 4 is 11.2 Å². The molecule has 6 heteroatoms. The van der Waals surface area contributed by atoms with Crippen molar-refractivity contribution in [3.8, 4) is 0 Å². The van der Waals surface area contributed by atoms with Gasteiger partial charge in [0.2, 0.25) is 0 Å². The Kier molecular flexibility index (Phi) is 6.70. The minimum Gasteiger partial charge on any atom is -0.316 e. The van der Waals surface area contributed by atoms with Crippen molar-refractivity contribution < 1.29 is 12.3 Å². The summed E-state index contributed by atoms with van der Waals surface area (Å²) in [4.78, 5) is 0. The molecule has 6 rings (SSSR count). The van der Waals surface area contributed by atoms with E-state index >= 15 is 0 Å². The van der Waals surface area contributed by atoms with Crippen molar-refractivity contribution in [1.29, 1.82) is 0 Å². The van der Waals surface area contributed by atoms with Crippen molar-refractivity contribution in [3.05, 3.63) is 0 Å². The van der Waals surface area contributed by atoms with E-state index in [0.29, 0.717) is 11.8 Å². The highest BCUT2D eigenvalue weighted by molar-refractivity contribution is 8.19. The van der Waals surface area contributed by atoms with E-state index in [1.807, 2.05) is 4.31 Å². The smallest absolute Gasteiger partial charge is 0.0646 e. The molecule has 0 spiro atoms. The third-order valence-electron chi connectivity index (χ3n) is 9.79. The summed E-state index contributed by atoms with van der Waals surface area (Å²) in [6, 6.07) is 0. The summed E-state index contributed by atoms with van der Waals surface area (Å²) < 4.78 is 26.5. The summed E-state index contributed by atoms with van der Waals surface area (Å²) in [5.41, 5.74) is 0. The molecule has 0 radical (unpaired) electrons. The van der Waals surface area contributed by atoms with Gasteiger partial charge in [-0.25, -0.2) is 8.37 Å². The van der Waals surface area contributed by atoms with Crippen LogP contribution in [0.3, 0.4) is 0 Å². The Morgan fingerprint density at radius 3 is 1.73 bits per heavy atom. The number of rotatable bonds is 3. The summed E-state index contributed by atoms with van der Waals surface area (Å²) >= 11 is -2.96. The summed E-state index contributed by atoms with van der Waals surface area (Å²) in [7, 11) is 2.84. The number of nitrogens with one attached hydrogen (secondary N) is 1. The molecule has 6 fully saturated rings. The number of halogens is 1. The first-order valence-electron chi connectivity index (χ1n) is 12.7. The molecule has 2 aliphatic heterocycles. The highest BCUT2D eigenvalue weighted by Crippen LogP contribution is 2.60. The van der Waals surface area contributed by atoms with Gasteiger partial charge in [-0.15, -0.1) is 0 Å². The Balaban J connectivity index is 0.000000139. The van der Waals surface area contributed by atoms with E-state index in [2.05, 4.69) is 5.32 Å². The molecule has 30 heavy (non-hydrogen) atoms. The maximum Gasteiger partial charge on any atom is 0.0646 e. The van der Waals surface area contributed by atoms with E-state index in [1.165, 1.54) is 78.7 Å². The fraction of sp³-hybridized carbons (Fsp3) is 1.00. The number of nitrogens with zero attached hydrogens (tertiary/aromatic N) is 1. The zero-order valence-electron chi connectivity index (χ0n) is 19.1. The van der Waals surface area contributed by atoms with Crippen LogP contribution in [0, 0.1) is 47.3 Å². The number of hydrogen-bond donors (Lipinski definition) is 1. The molecule has 8 unspecified atom stereocenters. The molecular weight excluding hydrogens is 399 g/mol. The fourth-order valence-corrected chi connectivity index (χ4v) is 9.99. The first kappa shape index (κ1) is 21.9. The molecule has 0 aromatic heterocycles. The molecule has 2 heterocycles. The third-order valence-corrected chi connectivity index (χ3v) is 11.5. The predicted molar refractivity (Wildman–Crippen MR) is 121 cm³/mol. The van der Waals surface area contributed by atoms with Gasteiger partial charge in [-0.3, -0.25) is 0 Å². The van der Waals surface area contributed by atoms with Crippen LogP contribution in [0.4, 0.5) is 3.89 Å². The molecule has 6 aliphatic rings. The molecule has 0 bridgehead atoms. The Labute approximate surface area is 185 Å². The first-order valence-corrected chi connectivity index (χ1v) is 14.1. The summed E-state index contributed by atoms with van der Waals surface area (Å²) in [5.74, 6) is 7.51. The average molecular weight is 443 g/mol. The quantitative estimate of drug-likeness (QED) is 0.625. The lowest BCUT2D eigenvalue weighted by molar-refractivity contribution is 0.0577. The zero-order chi connectivity index (χ0) is 20.7. The molecule has 4 saturated carbocycles. The molecular formula is C24H43FN2O2S. The minimum absolute atomic E-state index is 0.665. The van der Waals surface area contributed by atoms with Gasteiger partial charge in [-0.1, -0.05) is 29.6 Å². The van der Waals surface area contributed by atoms with Gasteiger partial charge in [0.25, 0.3) is 0 Å². The van der Waals surface area contributed by atoms with Gasteiger partial charge in [0, 0.05) is 24.3 Å². The fourth-order valence-electron chi connectivity index (χ4n) is 8.69. The maximum atomic E-state index is 14.6. The van der Waals surface area contributed by atoms with Gasteiger partial charge < -0.3 is 5.32 Å². The van der Waals surface area contributed by atoms with Crippen LogP contribution >= 0.6 is 11.2 Å². The molecule has 1 N–H and O–H groups in total. The largest absolute Gasteiger partial charge is 0.316 e. The van der Waals surface area contributed by atoms with Crippen molar-refractivity contribution in [3.63, 3.8) is 0 Å². The van der Waals surface area contributed by atoms with Crippen molar-refractivity contribution in [2.45, 2.75) is 64.2 Å². The van der Waals surface area contributed by atoms with E-state index in [-0.39, 0.29) is 0 Å². The lowest BCUT2D eigenvalue weighted by Gasteiger charge is -2.50. The van der Waals surface area contributed by atoms with Gasteiger partial charge in [-0.2, -0.15) is 4.31 Å². The topological polar surface area (TPSA) is 33.7 Å². The molecule has 0 aromatic carbocycles. The summed E-state index contributed by atoms with van der Waals surface area (Å²) in [6.45, 7) is 4.31. The second-order valence-electron chi connectivity index (χ2n) is 11.0. The van der Waals surface area contributed by atoms with Crippen LogP contribution in [0.1, 0.15) is 64.2 Å². The molecule has 2 saturated heterocycles. The van der Waals surface area contributed by atoms with E-state index in [1.54, 1.807) is 12.8 Å².